The third-order valence-corrected chi connectivity index (χ3v) is 4.23. The number of hydrogen-bond acceptors (Lipinski definition) is 6. The summed E-state index contributed by atoms with van der Waals surface area (Å²) in [6.07, 6.45) is 0. The molecule has 146 valence electrons. The van der Waals surface area contributed by atoms with E-state index < -0.39 is 17.4 Å². The van der Waals surface area contributed by atoms with Gasteiger partial charge < -0.3 is 14.8 Å². The lowest BCUT2D eigenvalue weighted by Gasteiger charge is -2.27. The molecule has 28 heavy (non-hydrogen) atoms. The van der Waals surface area contributed by atoms with Gasteiger partial charge in [0.15, 0.2) is 0 Å². The molecule has 0 saturated heterocycles. The lowest BCUT2D eigenvalue weighted by Crippen LogP contribution is -2.56. The van der Waals surface area contributed by atoms with Crippen molar-refractivity contribution >= 4 is 29.2 Å². The van der Waals surface area contributed by atoms with Gasteiger partial charge in [0.25, 0.3) is 0 Å². The van der Waals surface area contributed by atoms with Crippen molar-refractivity contribution in [2.45, 2.75) is 12.5 Å². The molecule has 8 heteroatoms. The Labute approximate surface area is 168 Å². The number of nitriles is 1. The van der Waals surface area contributed by atoms with Crippen LogP contribution >= 0.6 is 11.6 Å². The summed E-state index contributed by atoms with van der Waals surface area (Å²) in [7, 11) is 1.27. The zero-order valence-electron chi connectivity index (χ0n) is 15.5. The van der Waals surface area contributed by atoms with E-state index in [1.807, 2.05) is 24.3 Å². The second kappa shape index (κ2) is 9.74. The molecule has 2 N–H and O–H groups in total. The molecule has 0 aliphatic rings. The summed E-state index contributed by atoms with van der Waals surface area (Å²) in [6, 6.07) is 15.5. The van der Waals surface area contributed by atoms with Crippen LogP contribution in [0.2, 0.25) is 5.02 Å². The Kier molecular flexibility index (Phi) is 7.38. The minimum absolute atomic E-state index is 0.0281. The van der Waals surface area contributed by atoms with Crippen molar-refractivity contribution in [1.29, 1.82) is 5.26 Å². The third kappa shape index (κ3) is 5.71. The summed E-state index contributed by atoms with van der Waals surface area (Å²) in [5.41, 5.74) is -0.477. The maximum absolute atomic E-state index is 12.2. The van der Waals surface area contributed by atoms with Crippen LogP contribution in [0.1, 0.15) is 12.5 Å². The van der Waals surface area contributed by atoms with Crippen LogP contribution in [-0.4, -0.2) is 37.7 Å². The quantitative estimate of drug-likeness (QED) is 0.659. The van der Waals surface area contributed by atoms with Gasteiger partial charge in [-0.2, -0.15) is 5.26 Å². The zero-order chi connectivity index (χ0) is 20.6. The molecule has 0 spiro atoms. The highest BCUT2D eigenvalue weighted by Gasteiger charge is 2.35. The highest BCUT2D eigenvalue weighted by Crippen LogP contribution is 2.20. The van der Waals surface area contributed by atoms with Crippen LogP contribution in [0.4, 0.5) is 5.69 Å². The standard InChI is InChI=1S/C20H20ClN3O4/c1-20(19(26)27-2,13-28-16-6-4-3-5-7-16)23-12-18(25)24-15-9-8-14(11-22)17(21)10-15/h3-10,23H,12-13H2,1-2H3,(H,24,25). The van der Waals surface area contributed by atoms with Gasteiger partial charge in [0.2, 0.25) is 5.91 Å². The number of halogens is 1. The molecule has 0 radical (unpaired) electrons. The van der Waals surface area contributed by atoms with E-state index in [1.54, 1.807) is 25.1 Å². The molecular weight excluding hydrogens is 382 g/mol. The van der Waals surface area contributed by atoms with Crippen molar-refractivity contribution < 1.29 is 19.1 Å². The lowest BCUT2D eigenvalue weighted by atomic mass is 10.0. The first-order chi connectivity index (χ1) is 13.4. The largest absolute Gasteiger partial charge is 0.491 e. The van der Waals surface area contributed by atoms with Gasteiger partial charge >= 0.3 is 5.97 Å². The summed E-state index contributed by atoms with van der Waals surface area (Å²) in [6.45, 7) is 1.40. The fourth-order valence-electron chi connectivity index (χ4n) is 2.32. The number of anilines is 1. The molecular formula is C20H20ClN3O4. The number of amides is 1. The first-order valence-electron chi connectivity index (χ1n) is 8.39. The van der Waals surface area contributed by atoms with E-state index in [4.69, 9.17) is 26.3 Å². The van der Waals surface area contributed by atoms with Crippen molar-refractivity contribution in [2.75, 3.05) is 25.6 Å². The molecule has 0 aliphatic heterocycles. The van der Waals surface area contributed by atoms with Crippen LogP contribution < -0.4 is 15.4 Å². The maximum atomic E-state index is 12.2. The highest BCUT2D eigenvalue weighted by molar-refractivity contribution is 6.32. The normalized spacial score (nSPS) is 12.4. The Balaban J connectivity index is 1.98. The molecule has 0 bridgehead atoms. The molecule has 0 aromatic heterocycles. The van der Waals surface area contributed by atoms with Crippen molar-refractivity contribution in [2.24, 2.45) is 0 Å². The van der Waals surface area contributed by atoms with E-state index in [2.05, 4.69) is 10.6 Å². The zero-order valence-corrected chi connectivity index (χ0v) is 16.2. The second-order valence-electron chi connectivity index (χ2n) is 6.13. The van der Waals surface area contributed by atoms with Gasteiger partial charge in [-0.3, -0.25) is 10.1 Å². The first-order valence-corrected chi connectivity index (χ1v) is 8.76. The van der Waals surface area contributed by atoms with Gasteiger partial charge in [-0.15, -0.1) is 0 Å². The topological polar surface area (TPSA) is 100 Å². The van der Waals surface area contributed by atoms with Gasteiger partial charge in [0.1, 0.15) is 24.0 Å². The number of esters is 1. The van der Waals surface area contributed by atoms with Crippen LogP contribution in [0.25, 0.3) is 0 Å². The monoisotopic (exact) mass is 401 g/mol. The van der Waals surface area contributed by atoms with Gasteiger partial charge in [0, 0.05) is 5.69 Å². The van der Waals surface area contributed by atoms with Crippen LogP contribution in [0.5, 0.6) is 5.75 Å². The SMILES string of the molecule is COC(=O)C(C)(COc1ccccc1)NCC(=O)Nc1ccc(C#N)c(Cl)c1. The van der Waals surface area contributed by atoms with E-state index in [1.165, 1.54) is 19.2 Å². The number of carbonyl (C=O) groups excluding carboxylic acids is 2. The Morgan fingerprint density at radius 2 is 1.93 bits per heavy atom. The van der Waals surface area contributed by atoms with E-state index in [-0.39, 0.29) is 18.2 Å². The van der Waals surface area contributed by atoms with E-state index in [0.29, 0.717) is 17.0 Å². The molecule has 1 unspecified atom stereocenters. The molecule has 7 nitrogen and oxygen atoms in total. The molecule has 1 amide bonds. The van der Waals surface area contributed by atoms with Gasteiger partial charge in [-0.25, -0.2) is 4.79 Å². The van der Waals surface area contributed by atoms with Crippen molar-refractivity contribution in [3.05, 3.63) is 59.1 Å². The van der Waals surface area contributed by atoms with Gasteiger partial charge in [-0.05, 0) is 37.3 Å². The molecule has 2 rings (SSSR count). The van der Waals surface area contributed by atoms with Crippen LogP contribution in [-0.2, 0) is 14.3 Å². The number of ether oxygens (including phenoxy) is 2. The summed E-state index contributed by atoms with van der Waals surface area (Å²) in [5.74, 6) is -0.357. The average Bonchev–Trinajstić information content (AvgIpc) is 2.71. The molecule has 2 aromatic rings. The number of methoxy groups -OCH3 is 1. The van der Waals surface area contributed by atoms with Crippen molar-refractivity contribution in [1.82, 2.24) is 5.32 Å². The molecule has 0 aliphatic carbocycles. The van der Waals surface area contributed by atoms with Crippen LogP contribution in [0.3, 0.4) is 0 Å². The smallest absolute Gasteiger partial charge is 0.329 e. The minimum Gasteiger partial charge on any atom is -0.491 e. The van der Waals surface area contributed by atoms with Crippen molar-refractivity contribution in [3.63, 3.8) is 0 Å². The molecule has 0 fully saturated rings. The molecule has 0 heterocycles. The highest BCUT2D eigenvalue weighted by atomic mass is 35.5. The Morgan fingerprint density at radius 3 is 2.54 bits per heavy atom. The summed E-state index contributed by atoms with van der Waals surface area (Å²) in [4.78, 5) is 24.4. The average molecular weight is 402 g/mol. The fraction of sp³-hybridized carbons (Fsp3) is 0.250. The fourth-order valence-corrected chi connectivity index (χ4v) is 2.54. The van der Waals surface area contributed by atoms with E-state index >= 15 is 0 Å². The van der Waals surface area contributed by atoms with Crippen LogP contribution in [0.15, 0.2) is 48.5 Å². The number of para-hydroxylation sites is 1. The van der Waals surface area contributed by atoms with Crippen molar-refractivity contribution in [3.8, 4) is 11.8 Å². The Hall–Kier alpha value is -3.08. The molecule has 0 saturated carbocycles. The third-order valence-electron chi connectivity index (χ3n) is 3.92. The summed E-state index contributed by atoms with van der Waals surface area (Å²) in [5, 5.41) is 14.7. The minimum atomic E-state index is -1.23. The van der Waals surface area contributed by atoms with Gasteiger partial charge in [-0.1, -0.05) is 29.8 Å². The molecule has 1 atom stereocenters. The predicted octanol–water partition coefficient (Wildman–Crippen LogP) is 2.75. The number of nitrogens with zero attached hydrogens (tertiary/aromatic N) is 1. The number of benzene rings is 2. The first kappa shape index (κ1) is 21.2. The number of rotatable bonds is 8. The maximum Gasteiger partial charge on any atom is 0.329 e. The second-order valence-corrected chi connectivity index (χ2v) is 6.54. The predicted molar refractivity (Wildman–Crippen MR) is 105 cm³/mol. The summed E-state index contributed by atoms with van der Waals surface area (Å²) < 4.78 is 10.5. The lowest BCUT2D eigenvalue weighted by molar-refractivity contribution is -0.149. The molecule has 2 aromatic carbocycles. The van der Waals surface area contributed by atoms with E-state index in [9.17, 15) is 9.59 Å². The number of carbonyl (C=O) groups is 2. The van der Waals surface area contributed by atoms with Crippen LogP contribution in [0, 0.1) is 11.3 Å². The van der Waals surface area contributed by atoms with Gasteiger partial charge in [0.05, 0.1) is 24.2 Å². The van der Waals surface area contributed by atoms with E-state index in [0.717, 1.165) is 0 Å². The number of nitrogens with one attached hydrogen (secondary N) is 2. The number of hydrogen-bond donors (Lipinski definition) is 2. The Bertz CT molecular complexity index is 883. The Morgan fingerprint density at radius 1 is 1.21 bits per heavy atom. The summed E-state index contributed by atoms with van der Waals surface area (Å²) >= 11 is 5.96.